The molecule has 0 radical (unpaired) electrons. The van der Waals surface area contributed by atoms with Crippen LogP contribution in [0.4, 0.5) is 4.39 Å². The summed E-state index contributed by atoms with van der Waals surface area (Å²) < 4.78 is 43.0. The molecular weight excluding hydrogens is 443 g/mol. The maximum atomic E-state index is 14.2. The van der Waals surface area contributed by atoms with Crippen LogP contribution in [0.15, 0.2) is 21.5 Å². The summed E-state index contributed by atoms with van der Waals surface area (Å²) in [5, 5.41) is 3.55. The molecule has 1 unspecified atom stereocenters. The highest BCUT2D eigenvalue weighted by atomic mass is 79.9. The molecule has 0 spiro atoms. The third-order valence-corrected chi connectivity index (χ3v) is 7.99. The summed E-state index contributed by atoms with van der Waals surface area (Å²) in [6, 6.07) is 2.03. The predicted molar refractivity (Wildman–Crippen MR) is 105 cm³/mol. The Balaban J connectivity index is 1.75. The molecule has 2 saturated carbocycles. The zero-order valence-electron chi connectivity index (χ0n) is 14.6. The van der Waals surface area contributed by atoms with Gasteiger partial charge in [0.15, 0.2) is 0 Å². The van der Waals surface area contributed by atoms with Crippen molar-refractivity contribution in [2.45, 2.75) is 55.9 Å². The van der Waals surface area contributed by atoms with Crippen LogP contribution in [-0.2, 0) is 10.0 Å². The van der Waals surface area contributed by atoms with Crippen molar-refractivity contribution in [1.29, 1.82) is 0 Å². The average Bonchev–Trinajstić information content (AvgIpc) is 3.42. The van der Waals surface area contributed by atoms with Gasteiger partial charge >= 0.3 is 0 Å². The van der Waals surface area contributed by atoms with E-state index in [4.69, 9.17) is 11.6 Å². The predicted octanol–water partition coefficient (Wildman–Crippen LogP) is 4.47. The molecular formula is C18H25BrClFN2O2S. The first kappa shape index (κ1) is 20.5. The molecule has 0 saturated heterocycles. The van der Waals surface area contributed by atoms with Gasteiger partial charge in [0, 0.05) is 17.1 Å². The number of sulfonamides is 1. The Labute approximate surface area is 168 Å². The van der Waals surface area contributed by atoms with Crippen LogP contribution < -0.4 is 10.0 Å². The Hall–Kier alpha value is -0.210. The molecule has 2 aliphatic rings. The second-order valence-corrected chi connectivity index (χ2v) is 10.4. The molecule has 2 aliphatic carbocycles. The Kier molecular flexibility index (Phi) is 6.99. The zero-order valence-corrected chi connectivity index (χ0v) is 17.8. The first-order chi connectivity index (χ1) is 12.4. The standard InChI is InChI=1S/C18H25BrClFN2O2S/c19-14-8-18(16(21)9-15(14)20)26(24,25)23-17(11-22-10-12-6-7-12)13-4-2-1-3-5-13/h8-9,12-13,17,22-23H,1-7,10-11H2. The Bertz CT molecular complexity index is 737. The lowest BCUT2D eigenvalue weighted by atomic mass is 9.84. The van der Waals surface area contributed by atoms with Crippen LogP contribution in [0, 0.1) is 17.7 Å². The van der Waals surface area contributed by atoms with Crippen LogP contribution in [0.25, 0.3) is 0 Å². The lowest BCUT2D eigenvalue weighted by molar-refractivity contribution is 0.283. The fourth-order valence-corrected chi connectivity index (χ4v) is 5.61. The van der Waals surface area contributed by atoms with E-state index in [1.54, 1.807) is 0 Å². The van der Waals surface area contributed by atoms with Gasteiger partial charge in [0.1, 0.15) is 10.7 Å². The molecule has 1 atom stereocenters. The molecule has 8 heteroatoms. The van der Waals surface area contributed by atoms with Crippen molar-refractivity contribution in [3.8, 4) is 0 Å². The molecule has 0 bridgehead atoms. The number of hydrogen-bond donors (Lipinski definition) is 2. The van der Waals surface area contributed by atoms with Gasteiger partial charge in [-0.3, -0.25) is 0 Å². The number of benzene rings is 1. The second kappa shape index (κ2) is 8.86. The second-order valence-electron chi connectivity index (χ2n) is 7.42. The maximum Gasteiger partial charge on any atom is 0.243 e. The van der Waals surface area contributed by atoms with Crippen molar-refractivity contribution in [2.24, 2.45) is 11.8 Å². The molecule has 146 valence electrons. The number of hydrogen-bond acceptors (Lipinski definition) is 3. The van der Waals surface area contributed by atoms with E-state index < -0.39 is 15.8 Å². The van der Waals surface area contributed by atoms with Crippen LogP contribution in [0.1, 0.15) is 44.9 Å². The fourth-order valence-electron chi connectivity index (χ4n) is 3.58. The van der Waals surface area contributed by atoms with E-state index in [1.165, 1.54) is 25.3 Å². The van der Waals surface area contributed by atoms with E-state index in [1.807, 2.05) is 0 Å². The molecule has 3 rings (SSSR count). The number of rotatable bonds is 8. The van der Waals surface area contributed by atoms with Gasteiger partial charge in [-0.05, 0) is 72.1 Å². The topological polar surface area (TPSA) is 58.2 Å². The average molecular weight is 468 g/mol. The Morgan fingerprint density at radius 3 is 2.54 bits per heavy atom. The smallest absolute Gasteiger partial charge is 0.243 e. The first-order valence-electron chi connectivity index (χ1n) is 9.24. The summed E-state index contributed by atoms with van der Waals surface area (Å²) in [5.41, 5.74) is 0. The van der Waals surface area contributed by atoms with E-state index in [0.717, 1.165) is 44.2 Å². The highest BCUT2D eigenvalue weighted by Crippen LogP contribution is 2.31. The van der Waals surface area contributed by atoms with Gasteiger partial charge in [0.25, 0.3) is 0 Å². The first-order valence-corrected chi connectivity index (χ1v) is 11.9. The summed E-state index contributed by atoms with van der Waals surface area (Å²) in [7, 11) is -3.97. The van der Waals surface area contributed by atoms with Gasteiger partial charge < -0.3 is 5.32 Å². The van der Waals surface area contributed by atoms with E-state index in [-0.39, 0.29) is 21.9 Å². The SMILES string of the molecule is O=S(=O)(NC(CNCC1CC1)C1CCCCC1)c1cc(Br)c(Cl)cc1F. The summed E-state index contributed by atoms with van der Waals surface area (Å²) in [6.07, 6.45) is 7.94. The molecule has 1 aromatic rings. The van der Waals surface area contributed by atoms with Gasteiger partial charge in [0.2, 0.25) is 10.0 Å². The lowest BCUT2D eigenvalue weighted by Gasteiger charge is -2.31. The van der Waals surface area contributed by atoms with Gasteiger partial charge in [-0.25, -0.2) is 17.5 Å². The minimum Gasteiger partial charge on any atom is -0.315 e. The minimum absolute atomic E-state index is 0.149. The third kappa shape index (κ3) is 5.41. The molecule has 4 nitrogen and oxygen atoms in total. The zero-order chi connectivity index (χ0) is 18.7. The maximum absolute atomic E-state index is 14.2. The van der Waals surface area contributed by atoms with Crippen LogP contribution in [0.5, 0.6) is 0 Å². The van der Waals surface area contributed by atoms with Gasteiger partial charge in [-0.15, -0.1) is 0 Å². The van der Waals surface area contributed by atoms with Crippen molar-refractivity contribution in [3.63, 3.8) is 0 Å². The highest BCUT2D eigenvalue weighted by molar-refractivity contribution is 9.10. The molecule has 26 heavy (non-hydrogen) atoms. The largest absolute Gasteiger partial charge is 0.315 e. The summed E-state index contributed by atoms with van der Waals surface area (Å²) in [6.45, 7) is 1.50. The van der Waals surface area contributed by atoms with Crippen molar-refractivity contribution < 1.29 is 12.8 Å². The van der Waals surface area contributed by atoms with Crippen LogP contribution >= 0.6 is 27.5 Å². The molecule has 2 fully saturated rings. The van der Waals surface area contributed by atoms with E-state index in [0.29, 0.717) is 11.0 Å². The minimum atomic E-state index is -3.97. The highest BCUT2D eigenvalue weighted by Gasteiger charge is 2.30. The van der Waals surface area contributed by atoms with E-state index >= 15 is 0 Å². The van der Waals surface area contributed by atoms with Crippen LogP contribution in [0.3, 0.4) is 0 Å². The summed E-state index contributed by atoms with van der Waals surface area (Å²) in [4.78, 5) is -0.364. The van der Waals surface area contributed by atoms with Crippen molar-refractivity contribution in [3.05, 3.63) is 27.4 Å². The van der Waals surface area contributed by atoms with Crippen molar-refractivity contribution in [2.75, 3.05) is 13.1 Å². The monoisotopic (exact) mass is 466 g/mol. The normalized spacial score (nSPS) is 20.3. The molecule has 0 aromatic heterocycles. The number of nitrogens with one attached hydrogen (secondary N) is 2. The molecule has 1 aromatic carbocycles. The van der Waals surface area contributed by atoms with Crippen LogP contribution in [-0.4, -0.2) is 27.5 Å². The Morgan fingerprint density at radius 2 is 1.88 bits per heavy atom. The third-order valence-electron chi connectivity index (χ3n) is 5.28. The lowest BCUT2D eigenvalue weighted by Crippen LogP contribution is -2.47. The van der Waals surface area contributed by atoms with Crippen molar-refractivity contribution >= 4 is 37.6 Å². The fraction of sp³-hybridized carbons (Fsp3) is 0.667. The number of halogens is 3. The molecule has 2 N–H and O–H groups in total. The molecule has 0 aliphatic heterocycles. The molecule has 0 amide bonds. The Morgan fingerprint density at radius 1 is 1.19 bits per heavy atom. The van der Waals surface area contributed by atoms with Gasteiger partial charge in [-0.1, -0.05) is 30.9 Å². The van der Waals surface area contributed by atoms with Gasteiger partial charge in [0.05, 0.1) is 5.02 Å². The van der Waals surface area contributed by atoms with Crippen LogP contribution in [0.2, 0.25) is 5.02 Å². The van der Waals surface area contributed by atoms with E-state index in [2.05, 4.69) is 26.0 Å². The molecule has 0 heterocycles. The van der Waals surface area contributed by atoms with Crippen molar-refractivity contribution in [1.82, 2.24) is 10.0 Å². The van der Waals surface area contributed by atoms with E-state index in [9.17, 15) is 12.8 Å². The summed E-state index contributed by atoms with van der Waals surface area (Å²) >= 11 is 9.03. The summed E-state index contributed by atoms with van der Waals surface area (Å²) in [5.74, 6) is 0.173. The quantitative estimate of drug-likeness (QED) is 0.555. The van der Waals surface area contributed by atoms with Gasteiger partial charge in [-0.2, -0.15) is 0 Å².